The number of hydrogen-bond donors (Lipinski definition) is 0. The van der Waals surface area contributed by atoms with E-state index in [1.807, 2.05) is 20.8 Å². The maximum absolute atomic E-state index is 13.8. The standard InChI is InChI=1S/C11H13ClF2N2/c1-10(2,3)16-9(12)7-5-4-6(5)11(13,14)8(7)15-16/h5-6H,4H2,1-3H3/t5-,6+/m0/s1. The van der Waals surface area contributed by atoms with E-state index in [2.05, 4.69) is 5.10 Å². The Kier molecular flexibility index (Phi) is 1.71. The van der Waals surface area contributed by atoms with Gasteiger partial charge in [0.05, 0.1) is 5.54 Å². The smallest absolute Gasteiger partial charge is 0.248 e. The van der Waals surface area contributed by atoms with E-state index in [4.69, 9.17) is 11.6 Å². The molecule has 0 saturated heterocycles. The normalized spacial score (nSPS) is 30.1. The van der Waals surface area contributed by atoms with Gasteiger partial charge in [0.15, 0.2) is 0 Å². The van der Waals surface area contributed by atoms with Crippen LogP contribution in [0.1, 0.15) is 44.4 Å². The number of hydrogen-bond acceptors (Lipinski definition) is 1. The van der Waals surface area contributed by atoms with Gasteiger partial charge < -0.3 is 0 Å². The van der Waals surface area contributed by atoms with Crippen LogP contribution >= 0.6 is 11.6 Å². The van der Waals surface area contributed by atoms with E-state index in [9.17, 15) is 8.78 Å². The first kappa shape index (κ1) is 10.5. The van der Waals surface area contributed by atoms with Crippen LogP contribution in [0.5, 0.6) is 0 Å². The SMILES string of the molecule is CC(C)(C)n1nc2c(c1Cl)[C@H]1C[C@H]1C2(F)F. The van der Waals surface area contributed by atoms with Gasteiger partial charge in [-0.25, -0.2) is 4.68 Å². The number of aromatic nitrogens is 2. The highest BCUT2D eigenvalue weighted by atomic mass is 35.5. The Balaban J connectivity index is 2.20. The molecule has 0 spiro atoms. The second kappa shape index (κ2) is 2.61. The molecular formula is C11H13ClF2N2. The first-order chi connectivity index (χ1) is 7.24. The number of alkyl halides is 2. The van der Waals surface area contributed by atoms with E-state index >= 15 is 0 Å². The summed E-state index contributed by atoms with van der Waals surface area (Å²) in [4.78, 5) is 0. The molecule has 2 atom stereocenters. The average molecular weight is 247 g/mol. The molecular weight excluding hydrogens is 234 g/mol. The third kappa shape index (κ3) is 1.09. The van der Waals surface area contributed by atoms with Crippen molar-refractivity contribution in [1.29, 1.82) is 0 Å². The summed E-state index contributed by atoms with van der Waals surface area (Å²) in [6, 6.07) is 0. The van der Waals surface area contributed by atoms with Gasteiger partial charge in [0.25, 0.3) is 5.92 Å². The molecule has 3 rings (SSSR count). The van der Waals surface area contributed by atoms with Gasteiger partial charge in [-0.05, 0) is 33.1 Å². The molecule has 2 nitrogen and oxygen atoms in total. The van der Waals surface area contributed by atoms with Crippen molar-refractivity contribution in [2.75, 3.05) is 0 Å². The van der Waals surface area contributed by atoms with Crippen molar-refractivity contribution in [2.45, 2.75) is 44.6 Å². The summed E-state index contributed by atoms with van der Waals surface area (Å²) in [5.74, 6) is -3.38. The Hall–Kier alpha value is -0.640. The van der Waals surface area contributed by atoms with Gasteiger partial charge in [-0.1, -0.05) is 11.6 Å². The van der Waals surface area contributed by atoms with Gasteiger partial charge in [0.2, 0.25) is 0 Å². The first-order valence-electron chi connectivity index (χ1n) is 5.41. The molecule has 1 heterocycles. The van der Waals surface area contributed by atoms with Crippen molar-refractivity contribution in [1.82, 2.24) is 9.78 Å². The highest BCUT2D eigenvalue weighted by Gasteiger charge is 2.66. The lowest BCUT2D eigenvalue weighted by molar-refractivity contribution is -0.0278. The Labute approximate surface area is 97.6 Å². The van der Waals surface area contributed by atoms with E-state index in [1.165, 1.54) is 4.68 Å². The number of rotatable bonds is 0. The summed E-state index contributed by atoms with van der Waals surface area (Å²) in [7, 11) is 0. The van der Waals surface area contributed by atoms with Crippen molar-refractivity contribution >= 4 is 11.6 Å². The molecule has 2 aliphatic carbocycles. The zero-order valence-electron chi connectivity index (χ0n) is 9.39. The number of halogens is 3. The molecule has 1 aromatic rings. The topological polar surface area (TPSA) is 17.8 Å². The van der Waals surface area contributed by atoms with Gasteiger partial charge in [-0.15, -0.1) is 0 Å². The number of fused-ring (bicyclic) bond motifs is 3. The van der Waals surface area contributed by atoms with Gasteiger partial charge in [-0.2, -0.15) is 13.9 Å². The first-order valence-corrected chi connectivity index (χ1v) is 5.79. The lowest BCUT2D eigenvalue weighted by Gasteiger charge is -2.21. The third-order valence-electron chi connectivity index (χ3n) is 3.44. The summed E-state index contributed by atoms with van der Waals surface area (Å²) in [6.07, 6.45) is 0.551. The van der Waals surface area contributed by atoms with Crippen molar-refractivity contribution in [2.24, 2.45) is 5.92 Å². The highest BCUT2D eigenvalue weighted by Crippen LogP contribution is 2.68. The van der Waals surface area contributed by atoms with Crippen LogP contribution in [0.3, 0.4) is 0 Å². The second-order valence-electron chi connectivity index (χ2n) is 5.71. The molecule has 0 N–H and O–H groups in total. The van der Waals surface area contributed by atoms with Gasteiger partial charge in [0, 0.05) is 11.5 Å². The lowest BCUT2D eigenvalue weighted by Crippen LogP contribution is -2.25. The Bertz CT molecular complexity index is 473. The van der Waals surface area contributed by atoms with Gasteiger partial charge in [0.1, 0.15) is 10.8 Å². The van der Waals surface area contributed by atoms with E-state index in [0.29, 0.717) is 17.1 Å². The fourth-order valence-electron chi connectivity index (χ4n) is 2.52. The van der Waals surface area contributed by atoms with Crippen molar-refractivity contribution in [3.8, 4) is 0 Å². The van der Waals surface area contributed by atoms with Crippen molar-refractivity contribution in [3.63, 3.8) is 0 Å². The molecule has 1 saturated carbocycles. The third-order valence-corrected chi connectivity index (χ3v) is 3.81. The summed E-state index contributed by atoms with van der Waals surface area (Å²) < 4.78 is 29.2. The minimum atomic E-state index is -2.78. The van der Waals surface area contributed by atoms with Crippen molar-refractivity contribution < 1.29 is 8.78 Å². The fraction of sp³-hybridized carbons (Fsp3) is 0.727. The summed E-state index contributed by atoms with van der Waals surface area (Å²) in [5.41, 5.74) is 0.141. The molecule has 0 bridgehead atoms. The maximum Gasteiger partial charge on any atom is 0.295 e. The van der Waals surface area contributed by atoms with Crippen LogP contribution in [0, 0.1) is 5.92 Å². The van der Waals surface area contributed by atoms with Gasteiger partial charge >= 0.3 is 0 Å². The quantitative estimate of drug-likeness (QED) is 0.685. The zero-order valence-corrected chi connectivity index (χ0v) is 10.1. The molecule has 0 aromatic carbocycles. The van der Waals surface area contributed by atoms with Gasteiger partial charge in [-0.3, -0.25) is 0 Å². The summed E-state index contributed by atoms with van der Waals surface area (Å²) in [6.45, 7) is 5.72. The van der Waals surface area contributed by atoms with Crippen LogP contribution in [0.2, 0.25) is 5.15 Å². The Morgan fingerprint density at radius 1 is 1.44 bits per heavy atom. The fourth-order valence-corrected chi connectivity index (χ4v) is 3.04. The minimum Gasteiger partial charge on any atom is -0.248 e. The predicted octanol–water partition coefficient (Wildman–Crippen LogP) is 3.50. The van der Waals surface area contributed by atoms with E-state index in [1.54, 1.807) is 0 Å². The Morgan fingerprint density at radius 2 is 2.06 bits per heavy atom. The lowest BCUT2D eigenvalue weighted by atomic mass is 10.1. The maximum atomic E-state index is 13.8. The molecule has 88 valence electrons. The van der Waals surface area contributed by atoms with Crippen LogP contribution < -0.4 is 0 Å². The Morgan fingerprint density at radius 3 is 2.56 bits per heavy atom. The number of nitrogens with zero attached hydrogens (tertiary/aromatic N) is 2. The van der Waals surface area contributed by atoms with Crippen LogP contribution in [0.25, 0.3) is 0 Å². The average Bonchev–Trinajstić information content (AvgIpc) is 2.77. The van der Waals surface area contributed by atoms with Crippen LogP contribution in [-0.4, -0.2) is 9.78 Å². The molecule has 0 aliphatic heterocycles. The van der Waals surface area contributed by atoms with E-state index in [-0.39, 0.29) is 17.2 Å². The molecule has 1 aromatic heterocycles. The monoisotopic (exact) mass is 246 g/mol. The highest BCUT2D eigenvalue weighted by molar-refractivity contribution is 6.30. The predicted molar refractivity (Wildman–Crippen MR) is 57.0 cm³/mol. The summed E-state index contributed by atoms with van der Waals surface area (Å²) in [5, 5.41) is 4.43. The van der Waals surface area contributed by atoms with E-state index in [0.717, 1.165) is 0 Å². The molecule has 2 aliphatic rings. The van der Waals surface area contributed by atoms with Crippen LogP contribution in [0.15, 0.2) is 0 Å². The molecule has 16 heavy (non-hydrogen) atoms. The summed E-state index contributed by atoms with van der Waals surface area (Å²) >= 11 is 6.17. The molecule has 0 amide bonds. The van der Waals surface area contributed by atoms with Crippen LogP contribution in [0.4, 0.5) is 8.78 Å². The largest absolute Gasteiger partial charge is 0.295 e. The van der Waals surface area contributed by atoms with Crippen LogP contribution in [-0.2, 0) is 11.5 Å². The molecule has 0 unspecified atom stereocenters. The molecule has 0 radical (unpaired) electrons. The minimum absolute atomic E-state index is 0.0615. The zero-order chi connectivity index (χ0) is 11.9. The van der Waals surface area contributed by atoms with Crippen molar-refractivity contribution in [3.05, 3.63) is 16.4 Å². The second-order valence-corrected chi connectivity index (χ2v) is 6.07. The van der Waals surface area contributed by atoms with E-state index < -0.39 is 11.8 Å². The molecule has 5 heteroatoms. The molecule has 1 fully saturated rings.